The first-order valence-corrected chi connectivity index (χ1v) is 10.3. The zero-order chi connectivity index (χ0) is 20.9. The lowest BCUT2D eigenvalue weighted by Crippen LogP contribution is -2.19. The van der Waals surface area contributed by atoms with Crippen molar-refractivity contribution in [1.29, 1.82) is 0 Å². The summed E-state index contributed by atoms with van der Waals surface area (Å²) < 4.78 is 0. The Morgan fingerprint density at radius 1 is 0.778 bits per heavy atom. The first-order chi connectivity index (χ1) is 12.4. The van der Waals surface area contributed by atoms with E-state index in [1.165, 1.54) is 27.9 Å². The van der Waals surface area contributed by atoms with Gasteiger partial charge in [0.2, 0.25) is 0 Å². The number of nitrogens with zero attached hydrogens (tertiary/aromatic N) is 2. The van der Waals surface area contributed by atoms with Crippen LogP contribution in [0.3, 0.4) is 0 Å². The summed E-state index contributed by atoms with van der Waals surface area (Å²) in [5, 5.41) is 0. The number of rotatable bonds is 3. The van der Waals surface area contributed by atoms with E-state index in [0.29, 0.717) is 17.8 Å². The lowest BCUT2D eigenvalue weighted by molar-refractivity contribution is 0.560. The van der Waals surface area contributed by atoms with Crippen LogP contribution in [0.2, 0.25) is 0 Å². The van der Waals surface area contributed by atoms with Gasteiger partial charge in [0, 0.05) is 11.3 Å². The Kier molecular flexibility index (Phi) is 8.20. The van der Waals surface area contributed by atoms with Crippen LogP contribution in [-0.2, 0) is 5.41 Å². The topological polar surface area (TPSA) is 25.8 Å². The Labute approximate surface area is 167 Å². The molecular weight excluding hydrogens is 328 g/mol. The molecule has 0 unspecified atom stereocenters. The Morgan fingerprint density at radius 3 is 1.74 bits per heavy atom. The summed E-state index contributed by atoms with van der Waals surface area (Å²) in [5.74, 6) is 1.74. The van der Waals surface area contributed by atoms with Crippen molar-refractivity contribution in [3.05, 3.63) is 58.2 Å². The number of benzene rings is 1. The van der Waals surface area contributed by atoms with Gasteiger partial charge in [-0.05, 0) is 53.7 Å². The van der Waals surface area contributed by atoms with Crippen LogP contribution in [0.15, 0.2) is 24.5 Å². The van der Waals surface area contributed by atoms with E-state index < -0.39 is 0 Å². The highest BCUT2D eigenvalue weighted by Gasteiger charge is 2.23. The van der Waals surface area contributed by atoms with Crippen molar-refractivity contribution in [3.8, 4) is 0 Å². The Bertz CT molecular complexity index is 734. The Hall–Kier alpha value is -1.70. The highest BCUT2D eigenvalue weighted by atomic mass is 14.8. The van der Waals surface area contributed by atoms with Crippen LogP contribution in [0.25, 0.3) is 0 Å². The summed E-state index contributed by atoms with van der Waals surface area (Å²) in [6.07, 6.45) is 1.67. The summed E-state index contributed by atoms with van der Waals surface area (Å²) in [6, 6.07) is 6.63. The van der Waals surface area contributed by atoms with Crippen molar-refractivity contribution in [2.45, 2.75) is 99.3 Å². The molecule has 0 fully saturated rings. The fourth-order valence-electron chi connectivity index (χ4n) is 3.85. The minimum atomic E-state index is 0.130. The molecule has 2 heteroatoms. The van der Waals surface area contributed by atoms with Crippen LogP contribution in [0, 0.1) is 13.8 Å². The van der Waals surface area contributed by atoms with Crippen LogP contribution in [-0.4, -0.2) is 9.97 Å². The van der Waals surface area contributed by atoms with Gasteiger partial charge < -0.3 is 0 Å². The predicted molar refractivity (Wildman–Crippen MR) is 119 cm³/mol. The molecule has 2 aromatic rings. The van der Waals surface area contributed by atoms with Gasteiger partial charge in [-0.1, -0.05) is 80.5 Å². The van der Waals surface area contributed by atoms with E-state index in [1.807, 2.05) is 0 Å². The van der Waals surface area contributed by atoms with Gasteiger partial charge in [-0.15, -0.1) is 0 Å². The molecule has 0 atom stereocenters. The molecule has 0 saturated carbocycles. The lowest BCUT2D eigenvalue weighted by atomic mass is 9.82. The Balaban J connectivity index is 0.000000271. The van der Waals surface area contributed by atoms with Gasteiger partial charge in [-0.2, -0.15) is 0 Å². The van der Waals surface area contributed by atoms with Crippen LogP contribution < -0.4 is 0 Å². The van der Waals surface area contributed by atoms with E-state index in [0.717, 1.165) is 5.69 Å². The minimum absolute atomic E-state index is 0.130. The van der Waals surface area contributed by atoms with Crippen LogP contribution in [0.4, 0.5) is 0 Å². The molecule has 0 aliphatic heterocycles. The standard InChI is InChI=1S/C13H20.C12H20N2/c1-9(2)12-8-6-7-11(5)13(12)10(3)4;1-8(2)11-10(12(4,5)6)9(3)13-7-14-11/h6-10H,1-5H3;7-8H,1-6H3. The molecule has 0 aliphatic carbocycles. The molecule has 150 valence electrons. The molecule has 0 spiro atoms. The zero-order valence-electron chi connectivity index (χ0n) is 19.4. The molecule has 0 amide bonds. The zero-order valence-corrected chi connectivity index (χ0v) is 19.4. The van der Waals surface area contributed by atoms with Crippen molar-refractivity contribution in [1.82, 2.24) is 9.97 Å². The summed E-state index contributed by atoms with van der Waals surface area (Å²) in [5.41, 5.74) is 8.20. The van der Waals surface area contributed by atoms with Gasteiger partial charge in [0.05, 0.1) is 5.69 Å². The average molecular weight is 369 g/mol. The lowest BCUT2D eigenvalue weighted by Gasteiger charge is -2.25. The van der Waals surface area contributed by atoms with E-state index in [9.17, 15) is 0 Å². The fraction of sp³-hybridized carbons (Fsp3) is 0.600. The van der Waals surface area contributed by atoms with Gasteiger partial charge in [0.15, 0.2) is 0 Å². The number of aryl methyl sites for hydroxylation is 2. The summed E-state index contributed by atoms with van der Waals surface area (Å²) in [6.45, 7) is 24.3. The molecule has 0 aliphatic rings. The molecule has 0 bridgehead atoms. The van der Waals surface area contributed by atoms with Gasteiger partial charge in [-0.3, -0.25) is 0 Å². The van der Waals surface area contributed by atoms with Gasteiger partial charge >= 0.3 is 0 Å². The van der Waals surface area contributed by atoms with Crippen molar-refractivity contribution >= 4 is 0 Å². The molecule has 1 aromatic heterocycles. The third-order valence-electron chi connectivity index (χ3n) is 4.92. The maximum atomic E-state index is 4.39. The second-order valence-electron chi connectivity index (χ2n) is 9.51. The summed E-state index contributed by atoms with van der Waals surface area (Å²) >= 11 is 0. The quantitative estimate of drug-likeness (QED) is 0.562. The first-order valence-electron chi connectivity index (χ1n) is 10.3. The van der Waals surface area contributed by atoms with Crippen molar-refractivity contribution < 1.29 is 0 Å². The molecule has 0 radical (unpaired) electrons. The normalized spacial score (nSPS) is 11.8. The molecule has 1 heterocycles. The maximum absolute atomic E-state index is 4.39. The minimum Gasteiger partial charge on any atom is -0.241 e. The van der Waals surface area contributed by atoms with Crippen LogP contribution in [0.1, 0.15) is 114 Å². The van der Waals surface area contributed by atoms with Crippen LogP contribution >= 0.6 is 0 Å². The number of hydrogen-bond donors (Lipinski definition) is 0. The Morgan fingerprint density at radius 2 is 1.37 bits per heavy atom. The largest absolute Gasteiger partial charge is 0.241 e. The molecule has 2 rings (SSSR count). The molecular formula is C25H40N2. The van der Waals surface area contributed by atoms with Gasteiger partial charge in [-0.25, -0.2) is 9.97 Å². The van der Waals surface area contributed by atoms with E-state index in [4.69, 9.17) is 0 Å². The van der Waals surface area contributed by atoms with E-state index in [-0.39, 0.29) is 5.41 Å². The number of aromatic nitrogens is 2. The second kappa shape index (κ2) is 9.48. The van der Waals surface area contributed by atoms with E-state index in [1.54, 1.807) is 6.33 Å². The van der Waals surface area contributed by atoms with Gasteiger partial charge in [0.1, 0.15) is 6.33 Å². The molecule has 0 N–H and O–H groups in total. The third-order valence-corrected chi connectivity index (χ3v) is 4.92. The highest BCUT2D eigenvalue weighted by molar-refractivity contribution is 5.38. The van der Waals surface area contributed by atoms with Crippen molar-refractivity contribution in [2.24, 2.45) is 0 Å². The van der Waals surface area contributed by atoms with E-state index in [2.05, 4.69) is 104 Å². The third kappa shape index (κ3) is 6.16. The SMILES string of the molecule is Cc1cccc(C(C)C)c1C(C)C.Cc1ncnc(C(C)C)c1C(C)(C)C. The molecule has 1 aromatic carbocycles. The van der Waals surface area contributed by atoms with E-state index >= 15 is 0 Å². The highest BCUT2D eigenvalue weighted by Crippen LogP contribution is 2.30. The monoisotopic (exact) mass is 368 g/mol. The van der Waals surface area contributed by atoms with Crippen molar-refractivity contribution in [3.63, 3.8) is 0 Å². The summed E-state index contributed by atoms with van der Waals surface area (Å²) in [4.78, 5) is 8.67. The number of hydrogen-bond acceptors (Lipinski definition) is 2. The van der Waals surface area contributed by atoms with Gasteiger partial charge in [0.25, 0.3) is 0 Å². The second-order valence-corrected chi connectivity index (χ2v) is 9.51. The van der Waals surface area contributed by atoms with Crippen LogP contribution in [0.5, 0.6) is 0 Å². The molecule has 0 saturated heterocycles. The fourth-order valence-corrected chi connectivity index (χ4v) is 3.85. The summed E-state index contributed by atoms with van der Waals surface area (Å²) in [7, 11) is 0. The van der Waals surface area contributed by atoms with Crippen molar-refractivity contribution in [2.75, 3.05) is 0 Å². The average Bonchev–Trinajstić information content (AvgIpc) is 2.53. The smallest absolute Gasteiger partial charge is 0.115 e. The maximum Gasteiger partial charge on any atom is 0.115 e. The predicted octanol–water partition coefficient (Wildman–Crippen LogP) is 7.45. The molecule has 27 heavy (non-hydrogen) atoms. The molecule has 2 nitrogen and oxygen atoms in total. The first kappa shape index (κ1) is 23.3.